The van der Waals surface area contributed by atoms with Crippen molar-refractivity contribution in [3.63, 3.8) is 0 Å². The highest BCUT2D eigenvalue weighted by Gasteiger charge is 2.25. The van der Waals surface area contributed by atoms with Crippen LogP contribution >= 0.6 is 0 Å². The molecule has 7 heteroatoms. The molecule has 1 aromatic heterocycles. The molecule has 0 fully saturated rings. The summed E-state index contributed by atoms with van der Waals surface area (Å²) < 4.78 is 40.4. The number of sulfonamides is 1. The molecule has 3 aromatic carbocycles. The van der Waals surface area contributed by atoms with E-state index in [4.69, 9.17) is 9.15 Å². The third-order valence-corrected chi connectivity index (χ3v) is 7.21. The zero-order valence-electron chi connectivity index (χ0n) is 20.5. The second kappa shape index (κ2) is 9.23. The van der Waals surface area contributed by atoms with Crippen molar-refractivity contribution in [1.29, 1.82) is 0 Å². The van der Waals surface area contributed by atoms with Crippen LogP contribution in [0.4, 0.5) is 5.69 Å². The van der Waals surface area contributed by atoms with E-state index in [9.17, 15) is 13.2 Å². The van der Waals surface area contributed by atoms with Gasteiger partial charge in [-0.1, -0.05) is 63.2 Å². The molecule has 0 bridgehead atoms. The number of fused-ring (bicyclic) bond motifs is 1. The van der Waals surface area contributed by atoms with E-state index >= 15 is 0 Å². The molecule has 0 aliphatic heterocycles. The van der Waals surface area contributed by atoms with Crippen LogP contribution in [0.15, 0.2) is 76.0 Å². The Bertz CT molecular complexity index is 1480. The first-order valence-corrected chi connectivity index (χ1v) is 12.9. The standard InChI is InChI=1S/C28H29NO5S/c1-6-33-27(30)25-22-17-23(18(2)16-24(22)34-26(25)19-10-8-7-9-11-19)29-35(31,32)21-14-12-20(13-15-21)28(3,4)5/h7-17,29H,6H2,1-5H3. The maximum absolute atomic E-state index is 13.2. The number of ether oxygens (including phenoxy) is 1. The van der Waals surface area contributed by atoms with Gasteiger partial charge in [-0.3, -0.25) is 4.72 Å². The molecular weight excluding hydrogens is 462 g/mol. The minimum atomic E-state index is -3.85. The topological polar surface area (TPSA) is 85.6 Å². The van der Waals surface area contributed by atoms with Gasteiger partial charge in [-0.25, -0.2) is 13.2 Å². The van der Waals surface area contributed by atoms with Crippen molar-refractivity contribution < 1.29 is 22.4 Å². The molecule has 4 rings (SSSR count). The minimum absolute atomic E-state index is 0.0847. The summed E-state index contributed by atoms with van der Waals surface area (Å²) in [4.78, 5) is 13.1. The highest BCUT2D eigenvalue weighted by atomic mass is 32.2. The second-order valence-electron chi connectivity index (χ2n) is 9.44. The van der Waals surface area contributed by atoms with E-state index in [1.165, 1.54) is 0 Å². The van der Waals surface area contributed by atoms with Gasteiger partial charge in [0.2, 0.25) is 0 Å². The SMILES string of the molecule is CCOC(=O)c1c(-c2ccccc2)oc2cc(C)c(NS(=O)(=O)c3ccc(C(C)(C)C)cc3)cc12. The van der Waals surface area contributed by atoms with Gasteiger partial charge in [-0.2, -0.15) is 0 Å². The minimum Gasteiger partial charge on any atom is -0.462 e. The van der Waals surface area contributed by atoms with Crippen LogP contribution in [0, 0.1) is 6.92 Å². The maximum Gasteiger partial charge on any atom is 0.342 e. The molecule has 0 atom stereocenters. The Morgan fingerprint density at radius 3 is 2.26 bits per heavy atom. The maximum atomic E-state index is 13.2. The number of carbonyl (C=O) groups is 1. The van der Waals surface area contributed by atoms with Crippen molar-refractivity contribution in [1.82, 2.24) is 0 Å². The quantitative estimate of drug-likeness (QED) is 0.304. The number of esters is 1. The van der Waals surface area contributed by atoms with Crippen LogP contribution in [0.3, 0.4) is 0 Å². The Hall–Kier alpha value is -3.58. The second-order valence-corrected chi connectivity index (χ2v) is 11.1. The van der Waals surface area contributed by atoms with Gasteiger partial charge in [0.25, 0.3) is 10.0 Å². The molecule has 0 aliphatic carbocycles. The number of rotatable bonds is 6. The van der Waals surface area contributed by atoms with Gasteiger partial charge in [0.1, 0.15) is 16.9 Å². The molecular formula is C28H29NO5S. The molecule has 1 N–H and O–H groups in total. The Kier molecular flexibility index (Phi) is 6.47. The van der Waals surface area contributed by atoms with E-state index in [1.54, 1.807) is 38.1 Å². The third-order valence-electron chi connectivity index (χ3n) is 5.83. The van der Waals surface area contributed by atoms with Crippen LogP contribution in [0.2, 0.25) is 0 Å². The van der Waals surface area contributed by atoms with Crippen LogP contribution < -0.4 is 4.72 Å². The monoisotopic (exact) mass is 491 g/mol. The fraction of sp³-hybridized carbons (Fsp3) is 0.250. The molecule has 0 aliphatic rings. The lowest BCUT2D eigenvalue weighted by Crippen LogP contribution is -2.15. The van der Waals surface area contributed by atoms with Gasteiger partial charge >= 0.3 is 5.97 Å². The summed E-state index contributed by atoms with van der Waals surface area (Å²) in [6.45, 7) is 9.94. The van der Waals surface area contributed by atoms with Crippen molar-refractivity contribution in [3.8, 4) is 11.3 Å². The zero-order valence-corrected chi connectivity index (χ0v) is 21.3. The van der Waals surface area contributed by atoms with Crippen LogP contribution in [-0.4, -0.2) is 21.0 Å². The molecule has 35 heavy (non-hydrogen) atoms. The molecule has 1 heterocycles. The number of furan rings is 1. The van der Waals surface area contributed by atoms with E-state index in [0.717, 1.165) is 11.1 Å². The lowest BCUT2D eigenvalue weighted by atomic mass is 9.87. The fourth-order valence-electron chi connectivity index (χ4n) is 3.89. The average molecular weight is 492 g/mol. The van der Waals surface area contributed by atoms with Crippen molar-refractivity contribution in [2.75, 3.05) is 11.3 Å². The van der Waals surface area contributed by atoms with Gasteiger partial charge in [0.15, 0.2) is 0 Å². The first-order valence-electron chi connectivity index (χ1n) is 11.4. The summed E-state index contributed by atoms with van der Waals surface area (Å²) >= 11 is 0. The van der Waals surface area contributed by atoms with Gasteiger partial charge in [-0.05, 0) is 54.7 Å². The number of benzene rings is 3. The molecule has 0 unspecified atom stereocenters. The van der Waals surface area contributed by atoms with E-state index in [1.807, 2.05) is 42.5 Å². The fourth-order valence-corrected chi connectivity index (χ4v) is 5.01. The largest absolute Gasteiger partial charge is 0.462 e. The third kappa shape index (κ3) is 4.95. The highest BCUT2D eigenvalue weighted by Crippen LogP contribution is 2.37. The number of carbonyl (C=O) groups excluding carboxylic acids is 1. The van der Waals surface area contributed by atoms with Crippen LogP contribution in [0.1, 0.15) is 49.2 Å². The predicted octanol–water partition coefficient (Wildman–Crippen LogP) is 6.68. The molecule has 182 valence electrons. The molecule has 4 aromatic rings. The predicted molar refractivity (Wildman–Crippen MR) is 138 cm³/mol. The number of hydrogen-bond donors (Lipinski definition) is 1. The Morgan fingerprint density at radius 2 is 1.66 bits per heavy atom. The first-order chi connectivity index (χ1) is 16.5. The normalized spacial score (nSPS) is 12.0. The molecule has 6 nitrogen and oxygen atoms in total. The van der Waals surface area contributed by atoms with Gasteiger partial charge in [0.05, 0.1) is 17.2 Å². The molecule has 0 saturated heterocycles. The number of hydrogen-bond acceptors (Lipinski definition) is 5. The smallest absolute Gasteiger partial charge is 0.342 e. The van der Waals surface area contributed by atoms with Gasteiger partial charge in [-0.15, -0.1) is 0 Å². The van der Waals surface area contributed by atoms with E-state index < -0.39 is 16.0 Å². The van der Waals surface area contributed by atoms with Crippen molar-refractivity contribution in [2.45, 2.75) is 44.9 Å². The first kappa shape index (κ1) is 24.5. The van der Waals surface area contributed by atoms with Crippen LogP contribution in [0.25, 0.3) is 22.3 Å². The summed E-state index contributed by atoms with van der Waals surface area (Å²) in [5.74, 6) is -0.142. The Balaban J connectivity index is 1.79. The number of nitrogens with one attached hydrogen (secondary N) is 1. The van der Waals surface area contributed by atoms with Gasteiger partial charge in [0, 0.05) is 10.9 Å². The molecule has 0 spiro atoms. The van der Waals surface area contributed by atoms with E-state index in [-0.39, 0.29) is 22.5 Å². The summed E-state index contributed by atoms with van der Waals surface area (Å²) in [5, 5.41) is 0.480. The number of aryl methyl sites for hydroxylation is 1. The Labute approximate surface area is 206 Å². The average Bonchev–Trinajstić information content (AvgIpc) is 3.17. The summed E-state index contributed by atoms with van der Waals surface area (Å²) in [6.07, 6.45) is 0. The van der Waals surface area contributed by atoms with Gasteiger partial charge < -0.3 is 9.15 Å². The van der Waals surface area contributed by atoms with Crippen molar-refractivity contribution >= 4 is 32.6 Å². The summed E-state index contributed by atoms with van der Waals surface area (Å²) in [7, 11) is -3.85. The highest BCUT2D eigenvalue weighted by molar-refractivity contribution is 7.92. The van der Waals surface area contributed by atoms with Crippen molar-refractivity contribution in [2.24, 2.45) is 0 Å². The van der Waals surface area contributed by atoms with Crippen molar-refractivity contribution in [3.05, 3.63) is 83.4 Å². The molecule has 0 radical (unpaired) electrons. The molecule has 0 amide bonds. The summed E-state index contributed by atoms with van der Waals surface area (Å²) in [6, 6.07) is 19.5. The number of anilines is 1. The summed E-state index contributed by atoms with van der Waals surface area (Å²) in [5.41, 5.74) is 3.45. The molecule has 0 saturated carbocycles. The lowest BCUT2D eigenvalue weighted by molar-refractivity contribution is 0.0528. The van der Waals surface area contributed by atoms with Crippen LogP contribution in [0.5, 0.6) is 0 Å². The van der Waals surface area contributed by atoms with E-state index in [2.05, 4.69) is 25.5 Å². The Morgan fingerprint density at radius 1 is 1.00 bits per heavy atom. The van der Waals surface area contributed by atoms with Crippen LogP contribution in [-0.2, 0) is 20.2 Å². The van der Waals surface area contributed by atoms with E-state index in [0.29, 0.717) is 28.0 Å². The lowest BCUT2D eigenvalue weighted by Gasteiger charge is -2.19. The zero-order chi connectivity index (χ0) is 25.4.